The number of hydrogen-bond acceptors (Lipinski definition) is 7. The van der Waals surface area contributed by atoms with Gasteiger partial charge in [0, 0.05) is 43.8 Å². The van der Waals surface area contributed by atoms with Gasteiger partial charge in [-0.1, -0.05) is 50.4 Å². The summed E-state index contributed by atoms with van der Waals surface area (Å²) in [5.74, 6) is -7.39. The summed E-state index contributed by atoms with van der Waals surface area (Å²) < 4.78 is 95.2. The highest BCUT2D eigenvalue weighted by Crippen LogP contribution is 2.31. The number of halogens is 10. The number of nitrogens with two attached hydrogens (primary N) is 1. The molecule has 2 aliphatic rings. The van der Waals surface area contributed by atoms with Crippen LogP contribution in [0.3, 0.4) is 0 Å². The number of aliphatic carboxylic acids is 3. The molecule has 2 unspecified atom stereocenters. The third-order valence-electron chi connectivity index (χ3n) is 7.79. The van der Waals surface area contributed by atoms with E-state index in [1.54, 1.807) is 0 Å². The lowest BCUT2D eigenvalue weighted by Crippen LogP contribution is -2.58. The minimum Gasteiger partial charge on any atom is -0.475 e. The smallest absolute Gasteiger partial charge is 0.475 e. The van der Waals surface area contributed by atoms with E-state index in [1.165, 1.54) is 25.7 Å². The predicted molar refractivity (Wildman–Crippen MR) is 166 cm³/mol. The van der Waals surface area contributed by atoms with E-state index in [9.17, 15) is 44.3 Å². The third kappa shape index (κ3) is 19.2. The minimum atomic E-state index is -5.08. The van der Waals surface area contributed by atoms with Crippen LogP contribution in [0.5, 0.6) is 0 Å². The van der Waals surface area contributed by atoms with Crippen molar-refractivity contribution in [2.75, 3.05) is 45.8 Å². The number of hydrogen-bond donors (Lipinski definition) is 4. The molecule has 1 aromatic carbocycles. The van der Waals surface area contributed by atoms with Crippen molar-refractivity contribution in [1.29, 1.82) is 0 Å². The summed E-state index contributed by atoms with van der Waals surface area (Å²) in [6.07, 6.45) is -9.23. The molecule has 1 heterocycles. The van der Waals surface area contributed by atoms with Gasteiger partial charge in [-0.3, -0.25) is 9.69 Å². The van der Waals surface area contributed by atoms with Crippen molar-refractivity contribution in [3.63, 3.8) is 0 Å². The van der Waals surface area contributed by atoms with Crippen molar-refractivity contribution < 1.29 is 74.0 Å². The van der Waals surface area contributed by atoms with Crippen molar-refractivity contribution in [2.24, 2.45) is 11.7 Å². The largest absolute Gasteiger partial charge is 0.490 e. The predicted octanol–water partition coefficient (Wildman–Crippen LogP) is 5.15. The Balaban J connectivity index is 0.000000966. The number of rotatable bonds is 9. The zero-order valence-corrected chi connectivity index (χ0v) is 28.5. The second-order valence-corrected chi connectivity index (χ2v) is 11.7. The highest BCUT2D eigenvalue weighted by Gasteiger charge is 2.39. The quantitative estimate of drug-likeness (QED) is 0.247. The number of carbonyl (C=O) groups excluding carboxylic acids is 1. The topological polar surface area (TPSA) is 165 Å². The van der Waals surface area contributed by atoms with Crippen LogP contribution in [0.25, 0.3) is 0 Å². The van der Waals surface area contributed by atoms with Gasteiger partial charge in [0.05, 0.1) is 6.04 Å². The van der Waals surface area contributed by atoms with Crippen molar-refractivity contribution in [3.05, 3.63) is 34.9 Å². The average molecular weight is 777 g/mol. The lowest BCUT2D eigenvalue weighted by atomic mass is 9.95. The molecular formula is C30H42ClF9N4O7. The molecule has 1 saturated carbocycles. The molecule has 1 saturated heterocycles. The highest BCUT2D eigenvalue weighted by molar-refractivity contribution is 6.30. The van der Waals surface area contributed by atoms with Crippen LogP contribution in [0.15, 0.2) is 24.3 Å². The molecule has 0 bridgehead atoms. The molecule has 11 nitrogen and oxygen atoms in total. The van der Waals surface area contributed by atoms with Crippen LogP contribution in [0.2, 0.25) is 5.02 Å². The molecule has 294 valence electrons. The second-order valence-electron chi connectivity index (χ2n) is 11.3. The molecule has 1 aliphatic carbocycles. The molecule has 1 aromatic rings. The zero-order valence-electron chi connectivity index (χ0n) is 27.7. The number of carboxylic acid groups (broad SMARTS) is 3. The molecule has 5 N–H and O–H groups in total. The maximum atomic E-state index is 12.9. The fourth-order valence-electron chi connectivity index (χ4n) is 5.12. The summed E-state index contributed by atoms with van der Waals surface area (Å²) in [5.41, 5.74) is 7.32. The molecule has 3 rings (SSSR count). The molecule has 0 aromatic heterocycles. The van der Waals surface area contributed by atoms with Crippen LogP contribution in [0, 0.1) is 5.92 Å². The Morgan fingerprint density at radius 1 is 0.784 bits per heavy atom. The van der Waals surface area contributed by atoms with E-state index in [2.05, 4.69) is 23.6 Å². The molecule has 2 fully saturated rings. The van der Waals surface area contributed by atoms with Crippen molar-refractivity contribution in [2.45, 2.75) is 76.6 Å². The fourth-order valence-corrected chi connectivity index (χ4v) is 5.25. The Bertz CT molecular complexity index is 1160. The molecule has 1 aliphatic heterocycles. The molecule has 21 heteroatoms. The Labute approximate surface area is 293 Å². The summed E-state index contributed by atoms with van der Waals surface area (Å²) in [6.45, 7) is 11.4. The van der Waals surface area contributed by atoms with Gasteiger partial charge in [-0.2, -0.15) is 39.5 Å². The van der Waals surface area contributed by atoms with Crippen LogP contribution in [-0.2, 0) is 25.6 Å². The first kappa shape index (κ1) is 47.6. The summed E-state index contributed by atoms with van der Waals surface area (Å²) in [6, 6.07) is 7.74. The van der Waals surface area contributed by atoms with E-state index in [4.69, 9.17) is 47.0 Å². The number of benzene rings is 1. The van der Waals surface area contributed by atoms with Crippen LogP contribution in [-0.4, -0.2) is 130 Å². The summed E-state index contributed by atoms with van der Waals surface area (Å²) in [4.78, 5) is 46.8. The Morgan fingerprint density at radius 3 is 1.49 bits per heavy atom. The first-order chi connectivity index (χ1) is 23.3. The SMILES string of the molecule is CCN(CC)CC(C1CCCC1)N1CCN(C(=O)C(N)Cc2ccc(Cl)cc2)CC1.O=C(O)C(F)(F)F.O=C(O)C(F)(F)F.O=C(O)C(F)(F)F. The monoisotopic (exact) mass is 776 g/mol. The van der Waals surface area contributed by atoms with E-state index in [1.807, 2.05) is 29.2 Å². The number of alkyl halides is 9. The second kappa shape index (κ2) is 21.9. The Hall–Kier alpha value is -3.36. The molecule has 51 heavy (non-hydrogen) atoms. The Morgan fingerprint density at radius 2 is 1.16 bits per heavy atom. The summed E-state index contributed by atoms with van der Waals surface area (Å²) in [7, 11) is 0. The van der Waals surface area contributed by atoms with Crippen LogP contribution >= 0.6 is 11.6 Å². The molecular weight excluding hydrogens is 735 g/mol. The standard InChI is InChI=1S/C24H39ClN4O.3C2HF3O2/c1-3-27(4-2)18-23(20-7-5-6-8-20)28-13-15-29(16-14-28)24(30)22(26)17-19-9-11-21(25)12-10-19;3*3-2(4,5)1(6)7/h9-12,20,22-23H,3-8,13-18,26H2,1-2H3;3*(H,6,7). The number of piperazine rings is 1. The van der Waals surface area contributed by atoms with E-state index >= 15 is 0 Å². The van der Waals surface area contributed by atoms with E-state index in [0.29, 0.717) is 17.5 Å². The highest BCUT2D eigenvalue weighted by atomic mass is 35.5. The normalized spacial score (nSPS) is 16.8. The first-order valence-electron chi connectivity index (χ1n) is 15.5. The van der Waals surface area contributed by atoms with Crippen LogP contribution in [0.4, 0.5) is 39.5 Å². The number of nitrogens with zero attached hydrogens (tertiary/aromatic N) is 3. The van der Waals surface area contributed by atoms with Crippen LogP contribution in [0.1, 0.15) is 45.1 Å². The van der Waals surface area contributed by atoms with Gasteiger partial charge in [-0.05, 0) is 56.0 Å². The van der Waals surface area contributed by atoms with Crippen molar-refractivity contribution >= 4 is 35.4 Å². The molecule has 2 atom stereocenters. The van der Waals surface area contributed by atoms with Gasteiger partial charge >= 0.3 is 36.4 Å². The average Bonchev–Trinajstić information content (AvgIpc) is 3.57. The first-order valence-corrected chi connectivity index (χ1v) is 15.9. The third-order valence-corrected chi connectivity index (χ3v) is 8.04. The van der Waals surface area contributed by atoms with Crippen molar-refractivity contribution in [1.82, 2.24) is 14.7 Å². The maximum absolute atomic E-state index is 12.9. The lowest BCUT2D eigenvalue weighted by Gasteiger charge is -2.43. The number of amides is 1. The fraction of sp³-hybridized carbons (Fsp3) is 0.667. The number of carboxylic acids is 3. The summed E-state index contributed by atoms with van der Waals surface area (Å²) in [5, 5.41) is 22.1. The van der Waals surface area contributed by atoms with Gasteiger partial charge in [0.25, 0.3) is 0 Å². The molecule has 1 amide bonds. The van der Waals surface area contributed by atoms with Gasteiger partial charge in [0.1, 0.15) is 0 Å². The van der Waals surface area contributed by atoms with E-state index < -0.39 is 42.5 Å². The zero-order chi connectivity index (χ0) is 39.7. The maximum Gasteiger partial charge on any atom is 0.490 e. The lowest BCUT2D eigenvalue weighted by molar-refractivity contribution is -0.193. The van der Waals surface area contributed by atoms with Gasteiger partial charge in [-0.25, -0.2) is 14.4 Å². The van der Waals surface area contributed by atoms with Gasteiger partial charge in [0.2, 0.25) is 5.91 Å². The van der Waals surface area contributed by atoms with Gasteiger partial charge in [-0.15, -0.1) is 0 Å². The van der Waals surface area contributed by atoms with Crippen molar-refractivity contribution in [3.8, 4) is 0 Å². The van der Waals surface area contributed by atoms with Crippen LogP contribution < -0.4 is 5.73 Å². The van der Waals surface area contributed by atoms with Gasteiger partial charge in [0.15, 0.2) is 0 Å². The number of likely N-dealkylation sites (N-methyl/N-ethyl adjacent to an activating group) is 1. The number of carbonyl (C=O) groups is 4. The summed E-state index contributed by atoms with van der Waals surface area (Å²) >= 11 is 5.95. The minimum absolute atomic E-state index is 0.0748. The Kier molecular flexibility index (Phi) is 20.4. The molecule has 0 radical (unpaired) electrons. The molecule has 0 spiro atoms. The van der Waals surface area contributed by atoms with Gasteiger partial charge < -0.3 is 30.9 Å². The van der Waals surface area contributed by atoms with E-state index in [-0.39, 0.29) is 5.91 Å². The van der Waals surface area contributed by atoms with E-state index in [0.717, 1.165) is 57.3 Å².